The van der Waals surface area contributed by atoms with Crippen LogP contribution in [0.4, 0.5) is 5.82 Å². The van der Waals surface area contributed by atoms with Crippen molar-refractivity contribution in [2.45, 2.75) is 83.1 Å². The number of benzene rings is 2. The first-order valence-corrected chi connectivity index (χ1v) is 16.9. The van der Waals surface area contributed by atoms with Gasteiger partial charge in [0.15, 0.2) is 0 Å². The van der Waals surface area contributed by atoms with E-state index in [1.165, 1.54) is 15.7 Å². The van der Waals surface area contributed by atoms with E-state index in [4.69, 9.17) is 16.2 Å². The Morgan fingerprint density at radius 1 is 0.894 bits per heavy atom. The Morgan fingerprint density at radius 3 is 2.04 bits per heavy atom. The first-order chi connectivity index (χ1) is 22.9. The third kappa shape index (κ3) is 11.3. The topological polar surface area (TPSA) is 158 Å². The lowest BCUT2D eigenvalue weighted by molar-refractivity contribution is -0.122. The van der Waals surface area contributed by atoms with Crippen LogP contribution in [-0.2, 0) is 27.2 Å². The van der Waals surface area contributed by atoms with Gasteiger partial charge in [-0.25, -0.2) is 4.79 Å². The second-order valence-corrected chi connectivity index (χ2v) is 12.2. The summed E-state index contributed by atoms with van der Waals surface area (Å²) < 4.78 is 7.87. The molecule has 6 N–H and O–H groups in total. The number of nitrogens with zero attached hydrogens (tertiary/aromatic N) is 3. The van der Waals surface area contributed by atoms with Gasteiger partial charge in [0.2, 0.25) is 11.8 Å². The fraction of sp³-hybridized carbons (Fsp3) is 0.500. The maximum absolute atomic E-state index is 13.4. The molecule has 1 fully saturated rings. The molecule has 3 atom stereocenters. The minimum Gasteiger partial charge on any atom is -0.356 e. The maximum atomic E-state index is 13.4. The molecule has 2 aromatic carbocycles. The van der Waals surface area contributed by atoms with Gasteiger partial charge in [0.05, 0.1) is 12.1 Å². The zero-order valence-electron chi connectivity index (χ0n) is 27.6. The lowest BCUT2D eigenvalue weighted by Crippen LogP contribution is -2.45. The van der Waals surface area contributed by atoms with Crippen molar-refractivity contribution in [1.29, 1.82) is 0 Å². The molecule has 0 radical (unpaired) electrons. The van der Waals surface area contributed by atoms with E-state index in [2.05, 4.69) is 44.8 Å². The summed E-state index contributed by atoms with van der Waals surface area (Å²) in [6.07, 6.45) is 6.37. The zero-order valence-corrected chi connectivity index (χ0v) is 27.6. The van der Waals surface area contributed by atoms with Crippen molar-refractivity contribution in [2.24, 2.45) is 11.5 Å². The van der Waals surface area contributed by atoms with Gasteiger partial charge < -0.3 is 31.7 Å². The van der Waals surface area contributed by atoms with Gasteiger partial charge in [-0.1, -0.05) is 60.7 Å². The Kier molecular flexibility index (Phi) is 14.4. The summed E-state index contributed by atoms with van der Waals surface area (Å²) >= 11 is 0. The first kappa shape index (κ1) is 35.8. The second kappa shape index (κ2) is 18.9. The maximum Gasteiger partial charge on any atom is 0.351 e. The molecule has 11 nitrogen and oxygen atoms in total. The summed E-state index contributed by atoms with van der Waals surface area (Å²) in [5, 5.41) is 6.13. The van der Waals surface area contributed by atoms with Crippen molar-refractivity contribution in [3.05, 3.63) is 94.0 Å². The van der Waals surface area contributed by atoms with Gasteiger partial charge in [-0.15, -0.1) is 0 Å². The number of carbonyl (C=O) groups excluding carboxylic acids is 2. The fourth-order valence-electron chi connectivity index (χ4n) is 5.99. The van der Waals surface area contributed by atoms with E-state index in [1.807, 2.05) is 43.3 Å². The third-order valence-corrected chi connectivity index (χ3v) is 8.49. The smallest absolute Gasteiger partial charge is 0.351 e. The number of amides is 2. The van der Waals surface area contributed by atoms with Gasteiger partial charge in [0, 0.05) is 50.7 Å². The van der Waals surface area contributed by atoms with Crippen LogP contribution in [0.2, 0.25) is 0 Å². The summed E-state index contributed by atoms with van der Waals surface area (Å²) in [5.41, 5.74) is 14.3. The Bertz CT molecular complexity index is 1440. The Hall–Kier alpha value is -4.06. The van der Waals surface area contributed by atoms with E-state index in [0.29, 0.717) is 57.7 Å². The number of aromatic nitrogens is 2. The molecule has 2 heterocycles. The highest BCUT2D eigenvalue weighted by Crippen LogP contribution is 2.29. The van der Waals surface area contributed by atoms with E-state index in [9.17, 15) is 14.4 Å². The molecule has 254 valence electrons. The number of carbonyl (C=O) groups is 2. The highest BCUT2D eigenvalue weighted by molar-refractivity contribution is 5.77. The molecular formula is C36H51N7O4. The van der Waals surface area contributed by atoms with Gasteiger partial charge in [0.1, 0.15) is 12.0 Å². The van der Waals surface area contributed by atoms with Crippen LogP contribution in [0.1, 0.15) is 67.9 Å². The average Bonchev–Trinajstić information content (AvgIpc) is 3.47. The lowest BCUT2D eigenvalue weighted by Gasteiger charge is -2.26. The van der Waals surface area contributed by atoms with E-state index in [0.717, 1.165) is 37.7 Å². The van der Waals surface area contributed by atoms with Crippen molar-refractivity contribution in [3.63, 3.8) is 0 Å². The quantitative estimate of drug-likeness (QED) is 0.155. The van der Waals surface area contributed by atoms with Gasteiger partial charge in [-0.3, -0.25) is 14.2 Å². The van der Waals surface area contributed by atoms with E-state index in [-0.39, 0.29) is 24.4 Å². The van der Waals surface area contributed by atoms with Crippen LogP contribution >= 0.6 is 0 Å². The second-order valence-electron chi connectivity index (χ2n) is 12.2. The van der Waals surface area contributed by atoms with Crippen molar-refractivity contribution in [1.82, 2.24) is 20.2 Å². The molecule has 0 aliphatic carbocycles. The van der Waals surface area contributed by atoms with Gasteiger partial charge >= 0.3 is 5.69 Å². The van der Waals surface area contributed by atoms with E-state index in [1.54, 1.807) is 6.20 Å². The molecule has 4 rings (SSSR count). The predicted molar refractivity (Wildman–Crippen MR) is 185 cm³/mol. The van der Waals surface area contributed by atoms with Gasteiger partial charge in [-0.05, 0) is 69.7 Å². The van der Waals surface area contributed by atoms with Gasteiger partial charge in [0.25, 0.3) is 0 Å². The molecule has 1 aromatic heterocycles. The van der Waals surface area contributed by atoms with Crippen molar-refractivity contribution >= 4 is 17.6 Å². The minimum atomic E-state index is -0.640. The third-order valence-electron chi connectivity index (χ3n) is 8.49. The lowest BCUT2D eigenvalue weighted by atomic mass is 10.1. The molecule has 2 amide bonds. The van der Waals surface area contributed by atoms with Crippen LogP contribution < -0.4 is 32.7 Å². The molecule has 3 aromatic rings. The summed E-state index contributed by atoms with van der Waals surface area (Å²) in [4.78, 5) is 45.7. The number of hydrogen-bond acceptors (Lipinski definition) is 8. The van der Waals surface area contributed by atoms with Crippen LogP contribution in [0.3, 0.4) is 0 Å². The monoisotopic (exact) mass is 645 g/mol. The fourth-order valence-corrected chi connectivity index (χ4v) is 5.99. The van der Waals surface area contributed by atoms with Crippen molar-refractivity contribution < 1.29 is 14.3 Å². The largest absolute Gasteiger partial charge is 0.356 e. The molecule has 0 saturated carbocycles. The Balaban J connectivity index is 1.41. The molecule has 1 aliphatic rings. The number of nitrogens with two attached hydrogens (primary N) is 2. The van der Waals surface area contributed by atoms with Crippen LogP contribution in [-0.4, -0.2) is 66.2 Å². The summed E-state index contributed by atoms with van der Waals surface area (Å²) in [7, 11) is 0. The molecule has 0 bridgehead atoms. The van der Waals surface area contributed by atoms with Crippen LogP contribution in [0, 0.1) is 6.92 Å². The van der Waals surface area contributed by atoms with Crippen LogP contribution in [0.15, 0.2) is 71.7 Å². The predicted octanol–water partition coefficient (Wildman–Crippen LogP) is 2.99. The van der Waals surface area contributed by atoms with E-state index >= 15 is 0 Å². The summed E-state index contributed by atoms with van der Waals surface area (Å²) in [5.74, 6) is 0.463. The molecular weight excluding hydrogens is 594 g/mol. The standard InChI is InChI=1S/C36H51N7O4/c1-27-26-43(36(46)41-35(27)42(22-10-20-37)23-11-21-38)34-24-30(40-33(45)19-9-17-29-14-6-3-7-15-29)31(47-34)25-39-32(44)18-8-16-28-12-4-2-5-13-28/h2-7,12-15,26,30-31,34H,8-11,16-25,37-38H2,1H3,(H,39,44)(H,40,45)/t30-,31+,34+/m0/s1. The zero-order chi connectivity index (χ0) is 33.4. The molecule has 1 aliphatic heterocycles. The molecule has 47 heavy (non-hydrogen) atoms. The van der Waals surface area contributed by atoms with Gasteiger partial charge in [-0.2, -0.15) is 4.98 Å². The normalized spacial score (nSPS) is 17.4. The molecule has 11 heteroatoms. The number of ether oxygens (including phenoxy) is 1. The number of hydrogen-bond donors (Lipinski definition) is 4. The number of anilines is 1. The first-order valence-electron chi connectivity index (χ1n) is 16.9. The minimum absolute atomic E-state index is 0.0741. The van der Waals surface area contributed by atoms with E-state index < -0.39 is 18.0 Å². The average molecular weight is 646 g/mol. The van der Waals surface area contributed by atoms with Crippen LogP contribution in [0.25, 0.3) is 0 Å². The van der Waals surface area contributed by atoms with Crippen molar-refractivity contribution in [2.75, 3.05) is 37.6 Å². The Morgan fingerprint density at radius 2 is 1.47 bits per heavy atom. The van der Waals surface area contributed by atoms with Crippen LogP contribution in [0.5, 0.6) is 0 Å². The highest BCUT2D eigenvalue weighted by Gasteiger charge is 2.38. The van der Waals surface area contributed by atoms with Crippen molar-refractivity contribution in [3.8, 4) is 0 Å². The molecule has 0 unspecified atom stereocenters. The summed E-state index contributed by atoms with van der Waals surface area (Å²) in [6, 6.07) is 19.8. The summed E-state index contributed by atoms with van der Waals surface area (Å²) in [6.45, 7) is 4.58. The number of nitrogens with one attached hydrogen (secondary N) is 2. The highest BCUT2D eigenvalue weighted by atomic mass is 16.5. The Labute approximate surface area is 278 Å². The number of rotatable bonds is 19. The number of aryl methyl sites for hydroxylation is 3. The SMILES string of the molecule is Cc1cn([C@H]2C[C@H](NC(=O)CCCc3ccccc3)[C@@H](CNC(=O)CCCc3ccccc3)O2)c(=O)nc1N(CCCN)CCCN. The molecule has 1 saturated heterocycles. The molecule has 0 spiro atoms.